The van der Waals surface area contributed by atoms with Crippen LogP contribution in [0.3, 0.4) is 0 Å². The summed E-state index contributed by atoms with van der Waals surface area (Å²) in [7, 11) is 0. The Labute approximate surface area is 168 Å². The second-order valence-corrected chi connectivity index (χ2v) is 10.4. The molecule has 1 aliphatic carbocycles. The summed E-state index contributed by atoms with van der Waals surface area (Å²) >= 11 is 0. The van der Waals surface area contributed by atoms with E-state index < -0.39 is 11.6 Å². The third-order valence-electron chi connectivity index (χ3n) is 5.04. The maximum Gasteiger partial charge on any atom is 0.307 e. The lowest BCUT2D eigenvalue weighted by molar-refractivity contribution is -0.155. The summed E-state index contributed by atoms with van der Waals surface area (Å²) in [5.41, 5.74) is 0.680. The molecule has 0 aliphatic heterocycles. The Kier molecular flexibility index (Phi) is 6.94. The molecule has 1 atom stereocenters. The van der Waals surface area contributed by atoms with Crippen LogP contribution >= 0.6 is 0 Å². The average molecular weight is 394 g/mol. The Morgan fingerprint density at radius 1 is 1.25 bits per heavy atom. The normalized spacial score (nSPS) is 21.1. The van der Waals surface area contributed by atoms with E-state index in [4.69, 9.17) is 14.4 Å². The second kappa shape index (κ2) is 8.66. The number of nitrogens with zero attached hydrogens (tertiary/aromatic N) is 1. The number of carboxylic acid groups (broad SMARTS) is 1. The first-order valence-corrected chi connectivity index (χ1v) is 10.2. The van der Waals surface area contributed by atoms with Crippen LogP contribution in [0.5, 0.6) is 0 Å². The molecule has 0 unspecified atom stereocenters. The molecule has 1 aromatic heterocycles. The minimum atomic E-state index is -0.891. The molecule has 6 nitrogen and oxygen atoms in total. The van der Waals surface area contributed by atoms with E-state index in [1.807, 2.05) is 26.8 Å². The van der Waals surface area contributed by atoms with E-state index >= 15 is 0 Å². The average Bonchev–Trinajstić information content (AvgIpc) is 2.93. The number of aromatic nitrogens is 1. The molecule has 2 rings (SSSR count). The Hall–Kier alpha value is -1.85. The van der Waals surface area contributed by atoms with E-state index in [9.17, 15) is 9.59 Å². The van der Waals surface area contributed by atoms with Crippen LogP contribution in [0.2, 0.25) is 0 Å². The zero-order chi connectivity index (χ0) is 21.1. The van der Waals surface area contributed by atoms with Gasteiger partial charge in [-0.15, -0.1) is 0 Å². The number of hydrogen-bond donors (Lipinski definition) is 1. The molecular formula is C22H35NO5. The first-order chi connectivity index (χ1) is 12.8. The van der Waals surface area contributed by atoms with E-state index in [0.717, 1.165) is 24.5 Å². The number of ether oxygens (including phenoxy) is 1. The minimum absolute atomic E-state index is 0.0272. The molecule has 1 fully saturated rings. The van der Waals surface area contributed by atoms with E-state index in [2.05, 4.69) is 25.9 Å². The van der Waals surface area contributed by atoms with Crippen LogP contribution in [-0.2, 0) is 14.3 Å². The van der Waals surface area contributed by atoms with E-state index in [1.54, 1.807) is 0 Å². The molecule has 0 aromatic carbocycles. The molecule has 6 heteroatoms. The summed E-state index contributed by atoms with van der Waals surface area (Å²) in [4.78, 5) is 23.2. The summed E-state index contributed by atoms with van der Waals surface area (Å²) in [5.74, 6) is 0.118. The third kappa shape index (κ3) is 7.28. The fraction of sp³-hybridized carbons (Fsp3) is 0.773. The van der Waals surface area contributed by atoms with Crippen molar-refractivity contribution in [3.8, 4) is 0 Å². The summed E-state index contributed by atoms with van der Waals surface area (Å²) in [6, 6.07) is 1.91. The molecule has 0 amide bonds. The molecule has 1 heterocycles. The number of carbonyl (C=O) groups is 2. The van der Waals surface area contributed by atoms with Crippen molar-refractivity contribution in [2.45, 2.75) is 97.5 Å². The zero-order valence-electron chi connectivity index (χ0n) is 18.1. The first-order valence-electron chi connectivity index (χ1n) is 10.2. The van der Waals surface area contributed by atoms with E-state index in [-0.39, 0.29) is 24.7 Å². The van der Waals surface area contributed by atoms with Crippen LogP contribution in [-0.4, -0.2) is 27.8 Å². The van der Waals surface area contributed by atoms with Gasteiger partial charge in [0.25, 0.3) is 0 Å². The van der Waals surface area contributed by atoms with Gasteiger partial charge < -0.3 is 14.4 Å². The van der Waals surface area contributed by atoms with Gasteiger partial charge in [-0.2, -0.15) is 0 Å². The lowest BCUT2D eigenvalue weighted by Crippen LogP contribution is -2.26. The molecule has 1 aromatic rings. The van der Waals surface area contributed by atoms with Crippen LogP contribution in [0, 0.1) is 11.3 Å². The maximum absolute atomic E-state index is 12.2. The summed E-state index contributed by atoms with van der Waals surface area (Å²) < 4.78 is 10.9. The zero-order valence-corrected chi connectivity index (χ0v) is 18.1. The van der Waals surface area contributed by atoms with Gasteiger partial charge in [0.2, 0.25) is 0 Å². The van der Waals surface area contributed by atoms with Gasteiger partial charge in [0, 0.05) is 24.3 Å². The molecule has 0 spiro atoms. The van der Waals surface area contributed by atoms with Crippen molar-refractivity contribution in [1.82, 2.24) is 5.16 Å². The number of carboxylic acids is 1. The number of aliphatic carboxylic acids is 1. The largest absolute Gasteiger partial charge is 0.481 e. The molecule has 0 bridgehead atoms. The van der Waals surface area contributed by atoms with Gasteiger partial charge in [-0.25, -0.2) is 0 Å². The lowest BCUT2D eigenvalue weighted by atomic mass is 9.67. The molecule has 158 valence electrons. The number of hydrogen-bond acceptors (Lipinski definition) is 5. The van der Waals surface area contributed by atoms with Crippen molar-refractivity contribution < 1.29 is 24.0 Å². The van der Waals surface area contributed by atoms with Crippen molar-refractivity contribution in [3.63, 3.8) is 0 Å². The monoisotopic (exact) mass is 393 g/mol. The van der Waals surface area contributed by atoms with Gasteiger partial charge in [-0.1, -0.05) is 25.9 Å². The van der Waals surface area contributed by atoms with Crippen molar-refractivity contribution in [2.24, 2.45) is 11.3 Å². The summed E-state index contributed by atoms with van der Waals surface area (Å²) in [6.07, 6.45) is 3.80. The molecule has 1 aliphatic rings. The first kappa shape index (κ1) is 22.4. The third-order valence-corrected chi connectivity index (χ3v) is 5.04. The summed E-state index contributed by atoms with van der Waals surface area (Å²) in [5, 5.41) is 13.3. The highest BCUT2D eigenvalue weighted by Gasteiger charge is 2.35. The highest BCUT2D eigenvalue weighted by Crippen LogP contribution is 2.46. The van der Waals surface area contributed by atoms with Crippen molar-refractivity contribution >= 4 is 11.9 Å². The van der Waals surface area contributed by atoms with Crippen LogP contribution in [0.4, 0.5) is 0 Å². The Morgan fingerprint density at radius 3 is 2.43 bits per heavy atom. The quantitative estimate of drug-likeness (QED) is 0.604. The van der Waals surface area contributed by atoms with Gasteiger partial charge in [-0.05, 0) is 57.8 Å². The van der Waals surface area contributed by atoms with Crippen LogP contribution < -0.4 is 0 Å². The summed E-state index contributed by atoms with van der Waals surface area (Å²) in [6.45, 7) is 12.2. The molecule has 0 saturated heterocycles. The van der Waals surface area contributed by atoms with Gasteiger partial charge >= 0.3 is 11.9 Å². The smallest absolute Gasteiger partial charge is 0.307 e. The number of rotatable bonds is 8. The van der Waals surface area contributed by atoms with Gasteiger partial charge in [-0.3, -0.25) is 9.59 Å². The lowest BCUT2D eigenvalue weighted by Gasteiger charge is -2.37. The Bertz CT molecular complexity index is 674. The highest BCUT2D eigenvalue weighted by atomic mass is 16.6. The van der Waals surface area contributed by atoms with Crippen molar-refractivity contribution in [1.29, 1.82) is 0 Å². The Balaban J connectivity index is 2.00. The maximum atomic E-state index is 12.2. The SMILES string of the molecule is CC(C)(C)CC1CC(c2cc([C@@H](CCC(=O)O)CC(=O)OC(C)(C)C)on2)C1. The molecule has 1 saturated carbocycles. The molecule has 1 N–H and O–H groups in total. The number of carbonyl (C=O) groups excluding carboxylic acids is 1. The number of esters is 1. The fourth-order valence-corrected chi connectivity index (χ4v) is 3.93. The van der Waals surface area contributed by atoms with Crippen molar-refractivity contribution in [3.05, 3.63) is 17.5 Å². The minimum Gasteiger partial charge on any atom is -0.481 e. The molecule has 0 radical (unpaired) electrons. The fourth-order valence-electron chi connectivity index (χ4n) is 3.93. The molecular weight excluding hydrogens is 358 g/mol. The van der Waals surface area contributed by atoms with Crippen LogP contribution in [0.25, 0.3) is 0 Å². The predicted octanol–water partition coefficient (Wildman–Crippen LogP) is 5.28. The standard InChI is InChI=1S/C22H35NO5/c1-21(2,3)13-14-9-16(10-14)17-12-18(28-23-17)15(7-8-19(24)25)11-20(26)27-22(4,5)6/h12,14-16H,7-11,13H2,1-6H3,(H,24,25)/t14?,15-,16?/m0/s1. The van der Waals surface area contributed by atoms with E-state index in [0.29, 0.717) is 23.5 Å². The van der Waals surface area contributed by atoms with Gasteiger partial charge in [0.15, 0.2) is 0 Å². The Morgan fingerprint density at radius 2 is 1.89 bits per heavy atom. The highest BCUT2D eigenvalue weighted by molar-refractivity contribution is 5.71. The van der Waals surface area contributed by atoms with Crippen LogP contribution in [0.15, 0.2) is 10.6 Å². The van der Waals surface area contributed by atoms with Gasteiger partial charge in [0.1, 0.15) is 11.4 Å². The van der Waals surface area contributed by atoms with Crippen LogP contribution in [0.1, 0.15) is 103 Å². The topological polar surface area (TPSA) is 89.6 Å². The second-order valence-electron chi connectivity index (χ2n) is 10.4. The van der Waals surface area contributed by atoms with Gasteiger partial charge in [0.05, 0.1) is 12.1 Å². The molecule has 28 heavy (non-hydrogen) atoms. The van der Waals surface area contributed by atoms with E-state index in [1.165, 1.54) is 6.42 Å². The van der Waals surface area contributed by atoms with Crippen molar-refractivity contribution in [2.75, 3.05) is 0 Å². The predicted molar refractivity (Wildman–Crippen MR) is 106 cm³/mol.